The van der Waals surface area contributed by atoms with Gasteiger partial charge in [-0.05, 0) is 25.1 Å². The summed E-state index contributed by atoms with van der Waals surface area (Å²) < 4.78 is 7.24. The van der Waals surface area contributed by atoms with Gasteiger partial charge in [0.2, 0.25) is 0 Å². The molecule has 5 heteroatoms. The zero-order valence-electron chi connectivity index (χ0n) is 12.6. The molecule has 3 aromatic rings. The van der Waals surface area contributed by atoms with Crippen molar-refractivity contribution in [2.24, 2.45) is 0 Å². The summed E-state index contributed by atoms with van der Waals surface area (Å²) in [5.74, 6) is 0.167. The third-order valence-corrected chi connectivity index (χ3v) is 4.09. The zero-order valence-corrected chi connectivity index (χ0v) is 12.6. The van der Waals surface area contributed by atoms with Gasteiger partial charge < -0.3 is 10.5 Å². The molecular formula is C18H15N3O2. The first-order valence-electron chi connectivity index (χ1n) is 7.37. The summed E-state index contributed by atoms with van der Waals surface area (Å²) in [5, 5.41) is 4.52. The molecule has 1 aliphatic rings. The van der Waals surface area contributed by atoms with E-state index in [2.05, 4.69) is 5.10 Å². The summed E-state index contributed by atoms with van der Waals surface area (Å²) in [6.07, 6.45) is -0.504. The highest BCUT2D eigenvalue weighted by Gasteiger charge is 2.35. The molecule has 0 unspecified atom stereocenters. The number of nitrogens with zero attached hydrogens (tertiary/aromatic N) is 2. The molecule has 1 aromatic heterocycles. The Labute approximate surface area is 133 Å². The highest BCUT2D eigenvalue weighted by molar-refractivity contribution is 5.94. The van der Waals surface area contributed by atoms with E-state index in [1.54, 1.807) is 10.7 Å². The number of aryl methyl sites for hydroxylation is 1. The summed E-state index contributed by atoms with van der Waals surface area (Å²) in [7, 11) is 0. The number of aromatic nitrogens is 2. The first-order valence-corrected chi connectivity index (χ1v) is 7.37. The molecule has 0 spiro atoms. The van der Waals surface area contributed by atoms with Crippen LogP contribution in [-0.2, 0) is 4.74 Å². The molecule has 1 atom stereocenters. The Balaban J connectivity index is 1.86. The first-order chi connectivity index (χ1) is 11.2. The fourth-order valence-corrected chi connectivity index (χ4v) is 3.01. The monoisotopic (exact) mass is 305 g/mol. The number of para-hydroxylation sites is 1. The van der Waals surface area contributed by atoms with Crippen LogP contribution in [0.15, 0.2) is 54.6 Å². The molecule has 114 valence electrons. The van der Waals surface area contributed by atoms with Gasteiger partial charge in [0.15, 0.2) is 6.10 Å². The summed E-state index contributed by atoms with van der Waals surface area (Å²) >= 11 is 0. The Bertz CT molecular complexity index is 900. The van der Waals surface area contributed by atoms with Crippen LogP contribution in [0.5, 0.6) is 0 Å². The van der Waals surface area contributed by atoms with Gasteiger partial charge in [0.05, 0.1) is 22.5 Å². The minimum absolute atomic E-state index is 0.322. The van der Waals surface area contributed by atoms with Gasteiger partial charge in [-0.3, -0.25) is 0 Å². The molecule has 23 heavy (non-hydrogen) atoms. The van der Waals surface area contributed by atoms with Crippen molar-refractivity contribution in [1.29, 1.82) is 0 Å². The van der Waals surface area contributed by atoms with E-state index in [1.807, 2.05) is 55.5 Å². The lowest BCUT2D eigenvalue weighted by Crippen LogP contribution is -2.07. The van der Waals surface area contributed by atoms with E-state index in [9.17, 15) is 4.79 Å². The van der Waals surface area contributed by atoms with Gasteiger partial charge in [-0.15, -0.1) is 0 Å². The number of nitrogens with two attached hydrogens (primary N) is 1. The van der Waals surface area contributed by atoms with Crippen LogP contribution in [0.1, 0.15) is 33.3 Å². The second-order valence-electron chi connectivity index (χ2n) is 5.50. The molecule has 4 rings (SSSR count). The van der Waals surface area contributed by atoms with Gasteiger partial charge in [-0.1, -0.05) is 36.4 Å². The van der Waals surface area contributed by atoms with Crippen LogP contribution in [0.3, 0.4) is 0 Å². The van der Waals surface area contributed by atoms with Crippen molar-refractivity contribution >= 4 is 11.8 Å². The normalized spacial score (nSPS) is 16.2. The smallest absolute Gasteiger partial charge is 0.339 e. The van der Waals surface area contributed by atoms with Crippen LogP contribution in [0, 0.1) is 6.92 Å². The summed E-state index contributed by atoms with van der Waals surface area (Å²) in [6, 6.07) is 17.0. The van der Waals surface area contributed by atoms with Crippen LogP contribution in [0.2, 0.25) is 0 Å². The summed E-state index contributed by atoms with van der Waals surface area (Å²) in [6.45, 7) is 1.87. The molecule has 2 N–H and O–H groups in total. The van der Waals surface area contributed by atoms with Gasteiger partial charge in [0.1, 0.15) is 5.82 Å². The van der Waals surface area contributed by atoms with Gasteiger partial charge in [0.25, 0.3) is 0 Å². The van der Waals surface area contributed by atoms with Crippen molar-refractivity contribution in [1.82, 2.24) is 9.78 Å². The van der Waals surface area contributed by atoms with Crippen LogP contribution in [0.4, 0.5) is 5.82 Å². The fraction of sp³-hybridized carbons (Fsp3) is 0.111. The van der Waals surface area contributed by atoms with Crippen LogP contribution >= 0.6 is 0 Å². The van der Waals surface area contributed by atoms with Crippen molar-refractivity contribution < 1.29 is 9.53 Å². The molecule has 0 saturated carbocycles. The van der Waals surface area contributed by atoms with Crippen LogP contribution < -0.4 is 5.73 Å². The van der Waals surface area contributed by atoms with E-state index in [-0.39, 0.29) is 5.97 Å². The number of hydrogen-bond donors (Lipinski definition) is 1. The number of esters is 1. The average Bonchev–Trinajstić information content (AvgIpc) is 3.06. The van der Waals surface area contributed by atoms with E-state index in [0.717, 1.165) is 22.5 Å². The maximum Gasteiger partial charge on any atom is 0.339 e. The Morgan fingerprint density at radius 2 is 1.78 bits per heavy atom. The molecule has 2 heterocycles. The second kappa shape index (κ2) is 4.98. The van der Waals surface area contributed by atoms with Gasteiger partial charge in [-0.25, -0.2) is 9.48 Å². The lowest BCUT2D eigenvalue weighted by atomic mass is 9.99. The van der Waals surface area contributed by atoms with Gasteiger partial charge in [0, 0.05) is 5.56 Å². The standard InChI is InChI=1S/C18H15N3O2/c1-11-15(16-13-9-5-6-10-14(13)18(22)23-16)17(19)21(20-11)12-7-3-2-4-8-12/h2-10,16H,19H2,1H3/t16-/m0/s1. The van der Waals surface area contributed by atoms with Crippen molar-refractivity contribution in [3.8, 4) is 5.69 Å². The van der Waals surface area contributed by atoms with E-state index < -0.39 is 6.10 Å². The molecule has 5 nitrogen and oxygen atoms in total. The second-order valence-corrected chi connectivity index (χ2v) is 5.50. The fourth-order valence-electron chi connectivity index (χ4n) is 3.01. The predicted molar refractivity (Wildman–Crippen MR) is 86.4 cm³/mol. The SMILES string of the molecule is Cc1nn(-c2ccccc2)c(N)c1[C@H]1OC(=O)c2ccccc21. The Kier molecular flexibility index (Phi) is 2.94. The van der Waals surface area contributed by atoms with E-state index >= 15 is 0 Å². The first kappa shape index (κ1) is 13.6. The molecule has 0 amide bonds. The molecule has 1 aliphatic heterocycles. The highest BCUT2D eigenvalue weighted by atomic mass is 16.5. The number of hydrogen-bond acceptors (Lipinski definition) is 4. The molecular weight excluding hydrogens is 290 g/mol. The minimum atomic E-state index is -0.504. The molecule has 0 saturated heterocycles. The van der Waals surface area contributed by atoms with Crippen molar-refractivity contribution in [2.45, 2.75) is 13.0 Å². The summed E-state index contributed by atoms with van der Waals surface area (Å²) in [5.41, 5.74) is 10.1. The molecule has 2 aromatic carbocycles. The van der Waals surface area contributed by atoms with Crippen LogP contribution in [0.25, 0.3) is 5.69 Å². The maximum absolute atomic E-state index is 12.1. The third kappa shape index (κ3) is 2.01. The quantitative estimate of drug-likeness (QED) is 0.739. The predicted octanol–water partition coefficient (Wildman–Crippen LogP) is 3.02. The number of benzene rings is 2. The minimum Gasteiger partial charge on any atom is -0.449 e. The number of cyclic esters (lactones) is 1. The summed E-state index contributed by atoms with van der Waals surface area (Å²) in [4.78, 5) is 12.1. The number of carbonyl (C=O) groups is 1. The lowest BCUT2D eigenvalue weighted by Gasteiger charge is -2.11. The zero-order chi connectivity index (χ0) is 16.0. The maximum atomic E-state index is 12.1. The molecule has 0 radical (unpaired) electrons. The number of rotatable bonds is 2. The van der Waals surface area contributed by atoms with Crippen molar-refractivity contribution in [3.05, 3.63) is 77.0 Å². The number of ether oxygens (including phenoxy) is 1. The number of fused-ring (bicyclic) bond motifs is 1. The van der Waals surface area contributed by atoms with E-state index in [4.69, 9.17) is 10.5 Å². The van der Waals surface area contributed by atoms with Crippen molar-refractivity contribution in [2.75, 3.05) is 5.73 Å². The van der Waals surface area contributed by atoms with Gasteiger partial charge in [-0.2, -0.15) is 5.10 Å². The largest absolute Gasteiger partial charge is 0.449 e. The Morgan fingerprint density at radius 3 is 2.57 bits per heavy atom. The van der Waals surface area contributed by atoms with Crippen LogP contribution in [-0.4, -0.2) is 15.7 Å². The molecule has 0 bridgehead atoms. The number of carbonyl (C=O) groups excluding carboxylic acids is 1. The number of anilines is 1. The van der Waals surface area contributed by atoms with E-state index in [0.29, 0.717) is 11.4 Å². The molecule has 0 fully saturated rings. The Hall–Kier alpha value is -3.08. The molecule has 0 aliphatic carbocycles. The highest BCUT2D eigenvalue weighted by Crippen LogP contribution is 2.40. The topological polar surface area (TPSA) is 70.1 Å². The lowest BCUT2D eigenvalue weighted by molar-refractivity contribution is 0.0456. The van der Waals surface area contributed by atoms with Crippen molar-refractivity contribution in [3.63, 3.8) is 0 Å². The van der Waals surface area contributed by atoms with Gasteiger partial charge >= 0.3 is 5.97 Å². The Morgan fingerprint density at radius 1 is 1.09 bits per heavy atom. The number of nitrogen functional groups attached to an aromatic ring is 1. The average molecular weight is 305 g/mol. The third-order valence-electron chi connectivity index (χ3n) is 4.09. The van der Waals surface area contributed by atoms with E-state index in [1.165, 1.54) is 0 Å².